The molecule has 4 heteroatoms. The molecule has 0 aliphatic heterocycles. The van der Waals surface area contributed by atoms with Gasteiger partial charge < -0.3 is 4.90 Å². The molecular formula is C17H21Cl2NO. The molecule has 1 aromatic rings. The average Bonchev–Trinajstić information content (AvgIpc) is 3.35. The van der Waals surface area contributed by atoms with Gasteiger partial charge in [-0.1, -0.05) is 29.3 Å². The fourth-order valence-corrected chi connectivity index (χ4v) is 3.11. The Labute approximate surface area is 136 Å². The molecule has 0 N–H and O–H groups in total. The van der Waals surface area contributed by atoms with Gasteiger partial charge >= 0.3 is 0 Å². The minimum absolute atomic E-state index is 0.0964. The molecule has 0 atom stereocenters. The standard InChI is InChI=1S/C17H21Cl2NO/c18-15-3-1-2-14(17(15)19)16(21)8-9-20(10-12-4-5-12)11-13-6-7-13/h1-3,12-13H,4-11H2. The number of Topliss-reactive ketones (excluding diaryl/α,β-unsaturated/α-hetero) is 1. The van der Waals surface area contributed by atoms with E-state index in [1.165, 1.54) is 25.7 Å². The zero-order valence-corrected chi connectivity index (χ0v) is 13.7. The summed E-state index contributed by atoms with van der Waals surface area (Å²) in [6, 6.07) is 5.27. The van der Waals surface area contributed by atoms with E-state index in [1.807, 2.05) is 0 Å². The normalized spacial score (nSPS) is 18.2. The number of carbonyl (C=O) groups is 1. The number of hydrogen-bond acceptors (Lipinski definition) is 2. The SMILES string of the molecule is O=C(CCN(CC1CC1)CC1CC1)c1cccc(Cl)c1Cl. The number of hydrogen-bond donors (Lipinski definition) is 0. The molecule has 0 aromatic heterocycles. The van der Waals surface area contributed by atoms with Crippen molar-refractivity contribution < 1.29 is 4.79 Å². The maximum atomic E-state index is 12.4. The van der Waals surface area contributed by atoms with Crippen molar-refractivity contribution in [3.63, 3.8) is 0 Å². The van der Waals surface area contributed by atoms with Crippen LogP contribution in [0.3, 0.4) is 0 Å². The summed E-state index contributed by atoms with van der Waals surface area (Å²) in [6.07, 6.45) is 5.95. The molecule has 0 unspecified atom stereocenters. The van der Waals surface area contributed by atoms with E-state index in [-0.39, 0.29) is 5.78 Å². The lowest BCUT2D eigenvalue weighted by Gasteiger charge is -2.21. The molecule has 1 aromatic carbocycles. The minimum Gasteiger partial charge on any atom is -0.302 e. The van der Waals surface area contributed by atoms with Crippen LogP contribution in [0.25, 0.3) is 0 Å². The Balaban J connectivity index is 1.56. The topological polar surface area (TPSA) is 20.3 Å². The summed E-state index contributed by atoms with van der Waals surface area (Å²) < 4.78 is 0. The van der Waals surface area contributed by atoms with Gasteiger partial charge in [-0.05, 0) is 49.7 Å². The lowest BCUT2D eigenvalue weighted by Crippen LogP contribution is -2.30. The van der Waals surface area contributed by atoms with Crippen molar-refractivity contribution in [3.8, 4) is 0 Å². The fraction of sp³-hybridized carbons (Fsp3) is 0.588. The molecule has 2 aliphatic carbocycles. The van der Waals surface area contributed by atoms with Gasteiger partial charge in [-0.15, -0.1) is 0 Å². The van der Waals surface area contributed by atoms with Crippen LogP contribution >= 0.6 is 23.2 Å². The van der Waals surface area contributed by atoms with Crippen LogP contribution in [0, 0.1) is 11.8 Å². The predicted octanol–water partition coefficient (Wildman–Crippen LogP) is 4.69. The number of rotatable bonds is 8. The molecule has 0 heterocycles. The van der Waals surface area contributed by atoms with Gasteiger partial charge in [0, 0.05) is 31.6 Å². The molecule has 114 valence electrons. The monoisotopic (exact) mass is 325 g/mol. The second kappa shape index (κ2) is 6.68. The van der Waals surface area contributed by atoms with Gasteiger partial charge in [-0.2, -0.15) is 0 Å². The van der Waals surface area contributed by atoms with Crippen molar-refractivity contribution in [2.45, 2.75) is 32.1 Å². The van der Waals surface area contributed by atoms with Crippen molar-refractivity contribution in [3.05, 3.63) is 33.8 Å². The van der Waals surface area contributed by atoms with Gasteiger partial charge in [0.05, 0.1) is 10.0 Å². The molecule has 0 radical (unpaired) electrons. The number of carbonyl (C=O) groups excluding carboxylic acids is 1. The zero-order chi connectivity index (χ0) is 14.8. The highest BCUT2D eigenvalue weighted by molar-refractivity contribution is 6.43. The van der Waals surface area contributed by atoms with Gasteiger partial charge in [-0.3, -0.25) is 4.79 Å². The van der Waals surface area contributed by atoms with Crippen LogP contribution in [0.1, 0.15) is 42.5 Å². The predicted molar refractivity (Wildman–Crippen MR) is 87.3 cm³/mol. The Morgan fingerprint density at radius 3 is 2.29 bits per heavy atom. The smallest absolute Gasteiger partial charge is 0.165 e. The van der Waals surface area contributed by atoms with Gasteiger partial charge in [0.15, 0.2) is 5.78 Å². The molecule has 3 rings (SSSR count). The maximum Gasteiger partial charge on any atom is 0.165 e. The summed E-state index contributed by atoms with van der Waals surface area (Å²) in [6.45, 7) is 3.16. The van der Waals surface area contributed by atoms with Crippen LogP contribution in [-0.4, -0.2) is 30.3 Å². The largest absolute Gasteiger partial charge is 0.302 e. The van der Waals surface area contributed by atoms with Gasteiger partial charge in [0.1, 0.15) is 0 Å². The third-order valence-electron chi connectivity index (χ3n) is 4.33. The summed E-state index contributed by atoms with van der Waals surface area (Å²) >= 11 is 12.1. The third kappa shape index (κ3) is 4.45. The Hall–Kier alpha value is -0.570. The highest BCUT2D eigenvalue weighted by Gasteiger charge is 2.29. The summed E-state index contributed by atoms with van der Waals surface area (Å²) in [4.78, 5) is 14.8. The Morgan fingerprint density at radius 2 is 1.71 bits per heavy atom. The average molecular weight is 326 g/mol. The van der Waals surface area contributed by atoms with Crippen molar-refractivity contribution in [2.75, 3.05) is 19.6 Å². The number of ketones is 1. The van der Waals surface area contributed by atoms with Crippen LogP contribution in [0.15, 0.2) is 18.2 Å². The second-order valence-electron chi connectivity index (χ2n) is 6.42. The zero-order valence-electron chi connectivity index (χ0n) is 12.2. The van der Waals surface area contributed by atoms with Crippen molar-refractivity contribution in [1.82, 2.24) is 4.90 Å². The fourth-order valence-electron chi connectivity index (χ4n) is 2.70. The van der Waals surface area contributed by atoms with E-state index in [4.69, 9.17) is 23.2 Å². The highest BCUT2D eigenvalue weighted by Crippen LogP contribution is 2.34. The number of nitrogens with zero attached hydrogens (tertiary/aromatic N) is 1. The van der Waals surface area contributed by atoms with E-state index in [2.05, 4.69) is 4.90 Å². The maximum absolute atomic E-state index is 12.4. The molecule has 2 fully saturated rings. The van der Waals surface area contributed by atoms with Crippen molar-refractivity contribution in [1.29, 1.82) is 0 Å². The van der Waals surface area contributed by atoms with Crippen molar-refractivity contribution in [2.24, 2.45) is 11.8 Å². The van der Waals surface area contributed by atoms with E-state index in [0.717, 1.165) is 31.5 Å². The van der Waals surface area contributed by atoms with Crippen LogP contribution in [0.5, 0.6) is 0 Å². The van der Waals surface area contributed by atoms with Crippen LogP contribution in [-0.2, 0) is 0 Å². The molecule has 2 nitrogen and oxygen atoms in total. The molecule has 21 heavy (non-hydrogen) atoms. The molecule has 0 amide bonds. The lowest BCUT2D eigenvalue weighted by molar-refractivity contribution is 0.0961. The van der Waals surface area contributed by atoms with Gasteiger partial charge in [-0.25, -0.2) is 0 Å². The second-order valence-corrected chi connectivity index (χ2v) is 7.21. The van der Waals surface area contributed by atoms with Gasteiger partial charge in [0.2, 0.25) is 0 Å². The van der Waals surface area contributed by atoms with E-state index in [0.29, 0.717) is 22.0 Å². The Kier molecular flexibility index (Phi) is 4.88. The highest BCUT2D eigenvalue weighted by atomic mass is 35.5. The van der Waals surface area contributed by atoms with Crippen molar-refractivity contribution >= 4 is 29.0 Å². The summed E-state index contributed by atoms with van der Waals surface area (Å²) in [5.74, 6) is 1.83. The lowest BCUT2D eigenvalue weighted by atomic mass is 10.1. The quantitative estimate of drug-likeness (QED) is 0.646. The molecule has 2 aliphatic rings. The summed E-state index contributed by atoms with van der Waals surface area (Å²) in [7, 11) is 0. The number of benzene rings is 1. The van der Waals surface area contributed by atoms with E-state index >= 15 is 0 Å². The molecule has 2 saturated carbocycles. The van der Waals surface area contributed by atoms with Crippen LogP contribution in [0.4, 0.5) is 0 Å². The first kappa shape index (κ1) is 15.3. The van der Waals surface area contributed by atoms with Crippen LogP contribution < -0.4 is 0 Å². The Morgan fingerprint density at radius 1 is 1.10 bits per heavy atom. The Bertz CT molecular complexity index is 510. The molecule has 0 saturated heterocycles. The van der Waals surface area contributed by atoms with E-state index < -0.39 is 0 Å². The summed E-state index contributed by atoms with van der Waals surface area (Å²) in [5.41, 5.74) is 0.557. The van der Waals surface area contributed by atoms with E-state index in [9.17, 15) is 4.79 Å². The third-order valence-corrected chi connectivity index (χ3v) is 5.15. The van der Waals surface area contributed by atoms with E-state index in [1.54, 1.807) is 18.2 Å². The van der Waals surface area contributed by atoms with Gasteiger partial charge in [0.25, 0.3) is 0 Å². The van der Waals surface area contributed by atoms with Crippen LogP contribution in [0.2, 0.25) is 10.0 Å². The molecule has 0 bridgehead atoms. The molecule has 0 spiro atoms. The minimum atomic E-state index is 0.0964. The first-order valence-corrected chi connectivity index (χ1v) is 8.58. The first-order valence-electron chi connectivity index (χ1n) is 7.83. The molecular weight excluding hydrogens is 305 g/mol. The summed E-state index contributed by atoms with van der Waals surface area (Å²) in [5, 5.41) is 0.843. The first-order chi connectivity index (χ1) is 10.1. The number of halogens is 2.